The molecule has 3 aromatic rings. The predicted octanol–water partition coefficient (Wildman–Crippen LogP) is 4.33. The zero-order valence-corrected chi connectivity index (χ0v) is 20.7. The average Bonchev–Trinajstić information content (AvgIpc) is 3.47. The number of thiophene rings is 1. The van der Waals surface area contributed by atoms with Crippen LogP contribution in [0.2, 0.25) is 0 Å². The number of furan rings is 1. The fourth-order valence-corrected chi connectivity index (χ4v) is 5.03. The van der Waals surface area contributed by atoms with Crippen molar-refractivity contribution in [1.29, 1.82) is 0 Å². The van der Waals surface area contributed by atoms with E-state index in [0.717, 1.165) is 23.3 Å². The molecule has 2 amide bonds. The first-order valence-corrected chi connectivity index (χ1v) is 12.5. The van der Waals surface area contributed by atoms with Gasteiger partial charge in [-0.25, -0.2) is 4.79 Å². The lowest BCUT2D eigenvalue weighted by Crippen LogP contribution is -2.46. The number of anilines is 1. The van der Waals surface area contributed by atoms with Gasteiger partial charge in [-0.05, 0) is 50.5 Å². The topological polar surface area (TPSA) is 101 Å². The Hall–Kier alpha value is -3.43. The molecule has 2 N–H and O–H groups in total. The lowest BCUT2D eigenvalue weighted by atomic mass is 10.0. The normalized spacial score (nSPS) is 14.5. The van der Waals surface area contributed by atoms with E-state index in [0.29, 0.717) is 35.2 Å². The van der Waals surface area contributed by atoms with E-state index in [4.69, 9.17) is 9.15 Å². The summed E-state index contributed by atoms with van der Waals surface area (Å²) >= 11 is 1.30. The van der Waals surface area contributed by atoms with Crippen LogP contribution in [0.1, 0.15) is 45.8 Å². The number of benzene rings is 1. The van der Waals surface area contributed by atoms with Gasteiger partial charge >= 0.3 is 5.97 Å². The number of amides is 2. The van der Waals surface area contributed by atoms with Gasteiger partial charge in [0.05, 0.1) is 18.8 Å². The van der Waals surface area contributed by atoms with Crippen molar-refractivity contribution in [2.75, 3.05) is 31.6 Å². The molecular formula is C26H29N3O5S. The third-order valence-electron chi connectivity index (χ3n) is 5.78. The van der Waals surface area contributed by atoms with Crippen molar-refractivity contribution >= 4 is 34.8 Å². The van der Waals surface area contributed by atoms with Crippen LogP contribution < -0.4 is 10.6 Å². The highest BCUT2D eigenvalue weighted by Crippen LogP contribution is 2.35. The van der Waals surface area contributed by atoms with E-state index in [1.165, 1.54) is 11.3 Å². The molecule has 8 nitrogen and oxygen atoms in total. The van der Waals surface area contributed by atoms with Gasteiger partial charge in [-0.1, -0.05) is 30.3 Å². The highest BCUT2D eigenvalue weighted by Gasteiger charge is 2.25. The van der Waals surface area contributed by atoms with Crippen LogP contribution in [-0.2, 0) is 9.53 Å². The smallest absolute Gasteiger partial charge is 0.350 e. The van der Waals surface area contributed by atoms with Crippen molar-refractivity contribution in [3.8, 4) is 10.4 Å². The van der Waals surface area contributed by atoms with Crippen LogP contribution in [0.15, 0.2) is 52.9 Å². The van der Waals surface area contributed by atoms with Crippen LogP contribution in [0.3, 0.4) is 0 Å². The monoisotopic (exact) mass is 495 g/mol. The Morgan fingerprint density at radius 2 is 1.86 bits per heavy atom. The number of piperidine rings is 1. The van der Waals surface area contributed by atoms with Gasteiger partial charge in [0.1, 0.15) is 10.6 Å². The van der Waals surface area contributed by atoms with Crippen molar-refractivity contribution in [2.45, 2.75) is 32.7 Å². The molecule has 0 unspecified atom stereocenters. The van der Waals surface area contributed by atoms with Crippen LogP contribution in [0.4, 0.5) is 5.69 Å². The van der Waals surface area contributed by atoms with E-state index in [2.05, 4.69) is 10.6 Å². The Morgan fingerprint density at radius 3 is 2.51 bits per heavy atom. The molecule has 0 saturated carbocycles. The van der Waals surface area contributed by atoms with Crippen molar-refractivity contribution in [3.05, 3.63) is 64.9 Å². The van der Waals surface area contributed by atoms with Gasteiger partial charge in [0.15, 0.2) is 5.76 Å². The lowest BCUT2D eigenvalue weighted by molar-refractivity contribution is -0.117. The van der Waals surface area contributed by atoms with Crippen molar-refractivity contribution < 1.29 is 23.5 Å². The minimum atomic E-state index is -0.446. The Labute approximate surface area is 208 Å². The molecule has 0 spiro atoms. The van der Waals surface area contributed by atoms with Gasteiger partial charge in [0, 0.05) is 24.0 Å². The van der Waals surface area contributed by atoms with E-state index in [-0.39, 0.29) is 31.0 Å². The van der Waals surface area contributed by atoms with Crippen LogP contribution in [0.25, 0.3) is 10.4 Å². The fourth-order valence-electron chi connectivity index (χ4n) is 4.02. The molecule has 4 rings (SSSR count). The molecular weight excluding hydrogens is 466 g/mol. The number of esters is 1. The highest BCUT2D eigenvalue weighted by molar-refractivity contribution is 7.18. The second-order valence-electron chi connectivity index (χ2n) is 8.42. The lowest BCUT2D eigenvalue weighted by Gasteiger charge is -2.31. The first kappa shape index (κ1) is 24.7. The van der Waals surface area contributed by atoms with Crippen molar-refractivity contribution in [2.24, 2.45) is 0 Å². The van der Waals surface area contributed by atoms with Crippen LogP contribution in [0.5, 0.6) is 0 Å². The fraction of sp³-hybridized carbons (Fsp3) is 0.346. The first-order chi connectivity index (χ1) is 16.9. The third-order valence-corrected chi connectivity index (χ3v) is 6.94. The van der Waals surface area contributed by atoms with Crippen molar-refractivity contribution in [1.82, 2.24) is 10.2 Å². The number of rotatable bonds is 8. The molecule has 2 aromatic heterocycles. The van der Waals surface area contributed by atoms with Crippen LogP contribution in [-0.4, -0.2) is 55.0 Å². The Balaban J connectivity index is 1.33. The SMILES string of the molecule is CCOC(=O)c1sc(-c2ccccc2)cc1NC(=O)CN1CCC(NC(=O)c2ccc(C)o2)CC1. The maximum absolute atomic E-state index is 12.8. The maximum atomic E-state index is 12.8. The van der Waals surface area contributed by atoms with Gasteiger partial charge in [-0.2, -0.15) is 0 Å². The quantitative estimate of drug-likeness (QED) is 0.451. The zero-order valence-electron chi connectivity index (χ0n) is 19.8. The van der Waals surface area contributed by atoms with E-state index in [1.54, 1.807) is 26.0 Å². The number of hydrogen-bond donors (Lipinski definition) is 2. The Kier molecular flexibility index (Phi) is 7.99. The average molecular weight is 496 g/mol. The summed E-state index contributed by atoms with van der Waals surface area (Å²) in [5.41, 5.74) is 1.44. The summed E-state index contributed by atoms with van der Waals surface area (Å²) in [6, 6.07) is 15.0. The minimum Gasteiger partial charge on any atom is -0.462 e. The van der Waals surface area contributed by atoms with Crippen LogP contribution >= 0.6 is 11.3 Å². The molecule has 1 aliphatic heterocycles. The van der Waals surface area contributed by atoms with Gasteiger partial charge in [0.25, 0.3) is 5.91 Å². The number of carbonyl (C=O) groups is 3. The van der Waals surface area contributed by atoms with Gasteiger partial charge in [-0.3, -0.25) is 14.5 Å². The number of nitrogens with one attached hydrogen (secondary N) is 2. The number of carbonyl (C=O) groups excluding carboxylic acids is 3. The molecule has 1 aromatic carbocycles. The molecule has 184 valence electrons. The number of hydrogen-bond acceptors (Lipinski definition) is 7. The molecule has 3 heterocycles. The van der Waals surface area contributed by atoms with E-state index in [9.17, 15) is 14.4 Å². The predicted molar refractivity (Wildman–Crippen MR) is 135 cm³/mol. The summed E-state index contributed by atoms with van der Waals surface area (Å²) in [7, 11) is 0. The third kappa shape index (κ3) is 6.37. The number of ether oxygens (including phenoxy) is 1. The second kappa shape index (κ2) is 11.3. The minimum absolute atomic E-state index is 0.0351. The maximum Gasteiger partial charge on any atom is 0.350 e. The van der Waals surface area contributed by atoms with Gasteiger partial charge < -0.3 is 19.8 Å². The molecule has 1 fully saturated rings. The summed E-state index contributed by atoms with van der Waals surface area (Å²) in [6.45, 7) is 5.38. The zero-order chi connectivity index (χ0) is 24.8. The Morgan fingerprint density at radius 1 is 1.11 bits per heavy atom. The molecule has 0 atom stereocenters. The second-order valence-corrected chi connectivity index (χ2v) is 9.47. The standard InChI is InChI=1S/C26H29N3O5S/c1-3-33-26(32)24-20(15-22(35-24)18-7-5-4-6-8-18)28-23(30)16-29-13-11-19(12-14-29)27-25(31)21-10-9-17(2)34-21/h4-10,15,19H,3,11-14,16H2,1-2H3,(H,27,31)(H,28,30). The van der Waals surface area contributed by atoms with Crippen molar-refractivity contribution in [3.63, 3.8) is 0 Å². The molecule has 35 heavy (non-hydrogen) atoms. The van der Waals surface area contributed by atoms with Gasteiger partial charge in [0.2, 0.25) is 5.91 Å². The van der Waals surface area contributed by atoms with Gasteiger partial charge in [-0.15, -0.1) is 11.3 Å². The van der Waals surface area contributed by atoms with Crippen LogP contribution in [0, 0.1) is 6.92 Å². The van der Waals surface area contributed by atoms with E-state index >= 15 is 0 Å². The molecule has 9 heteroatoms. The number of nitrogens with zero attached hydrogens (tertiary/aromatic N) is 1. The summed E-state index contributed by atoms with van der Waals surface area (Å²) in [5, 5.41) is 5.90. The highest BCUT2D eigenvalue weighted by atomic mass is 32.1. The molecule has 0 aliphatic carbocycles. The molecule has 1 aliphatic rings. The summed E-state index contributed by atoms with van der Waals surface area (Å²) in [5.74, 6) is 0.156. The molecule has 0 bridgehead atoms. The summed E-state index contributed by atoms with van der Waals surface area (Å²) < 4.78 is 10.6. The number of likely N-dealkylation sites (tertiary alicyclic amines) is 1. The summed E-state index contributed by atoms with van der Waals surface area (Å²) in [6.07, 6.45) is 1.48. The Bertz CT molecular complexity index is 1180. The first-order valence-electron chi connectivity index (χ1n) is 11.7. The van der Waals surface area contributed by atoms with E-state index in [1.807, 2.05) is 41.3 Å². The molecule has 1 saturated heterocycles. The summed E-state index contributed by atoms with van der Waals surface area (Å²) in [4.78, 5) is 40.9. The number of aryl methyl sites for hydroxylation is 1. The van der Waals surface area contributed by atoms with E-state index < -0.39 is 5.97 Å². The largest absolute Gasteiger partial charge is 0.462 e. The molecule has 0 radical (unpaired) electrons.